The number of carbonyl (C=O) groups excluding carboxylic acids is 1. The van der Waals surface area contributed by atoms with Crippen LogP contribution in [-0.4, -0.2) is 24.2 Å². The number of nitrogens with one attached hydrogen (secondary N) is 1. The predicted octanol–water partition coefficient (Wildman–Crippen LogP) is 4.64. The van der Waals surface area contributed by atoms with Crippen LogP contribution in [-0.2, 0) is 0 Å². The van der Waals surface area contributed by atoms with Gasteiger partial charge in [-0.2, -0.15) is 0 Å². The third-order valence-electron chi connectivity index (χ3n) is 4.69. The van der Waals surface area contributed by atoms with Crippen molar-refractivity contribution in [3.05, 3.63) is 65.7 Å². The van der Waals surface area contributed by atoms with Crippen LogP contribution in [0, 0.1) is 12.7 Å². The molecule has 0 saturated carbocycles. The number of hydrogen-bond acceptors (Lipinski definition) is 4. The maximum atomic E-state index is 14.0. The second kappa shape index (κ2) is 7.23. The molecule has 2 heterocycles. The van der Waals surface area contributed by atoms with Crippen LogP contribution in [0.1, 0.15) is 29.0 Å². The zero-order valence-electron chi connectivity index (χ0n) is 15.0. The van der Waals surface area contributed by atoms with Gasteiger partial charge in [-0.05, 0) is 38.0 Å². The van der Waals surface area contributed by atoms with Gasteiger partial charge in [0.1, 0.15) is 11.5 Å². The van der Waals surface area contributed by atoms with Gasteiger partial charge in [0.15, 0.2) is 0 Å². The number of halogens is 1. The highest BCUT2D eigenvalue weighted by molar-refractivity contribution is 6.03. The van der Waals surface area contributed by atoms with E-state index in [1.54, 1.807) is 12.1 Å². The number of rotatable bonds is 4. The van der Waals surface area contributed by atoms with E-state index in [0.717, 1.165) is 42.7 Å². The van der Waals surface area contributed by atoms with Crippen LogP contribution in [0.2, 0.25) is 0 Å². The molecule has 1 N–H and O–H groups in total. The molecule has 1 amide bonds. The summed E-state index contributed by atoms with van der Waals surface area (Å²) in [5.74, 6) is -0.760. The first-order chi connectivity index (χ1) is 13.1. The lowest BCUT2D eigenvalue weighted by Crippen LogP contribution is -2.18. The molecule has 0 unspecified atom stereocenters. The largest absolute Gasteiger partial charge is 0.371 e. The molecule has 2 aromatic carbocycles. The Morgan fingerprint density at radius 2 is 1.85 bits per heavy atom. The molecular weight excluding hydrogens is 345 g/mol. The zero-order valence-corrected chi connectivity index (χ0v) is 15.0. The molecule has 1 aliphatic rings. The molecule has 0 spiro atoms. The Balaban J connectivity index is 1.51. The number of nitrogens with zero attached hydrogens (tertiary/aromatic N) is 2. The summed E-state index contributed by atoms with van der Waals surface area (Å²) in [6.45, 7) is 3.80. The molecule has 1 aromatic heterocycles. The first kappa shape index (κ1) is 17.3. The maximum Gasteiger partial charge on any atom is 0.294 e. The number of carbonyl (C=O) groups is 1. The van der Waals surface area contributed by atoms with Gasteiger partial charge in [-0.3, -0.25) is 4.79 Å². The van der Waals surface area contributed by atoms with Crippen LogP contribution in [0.5, 0.6) is 0 Å². The summed E-state index contributed by atoms with van der Waals surface area (Å²) in [4.78, 5) is 14.6. The van der Waals surface area contributed by atoms with E-state index in [1.807, 2.05) is 31.2 Å². The molecule has 0 aliphatic carbocycles. The number of amides is 1. The van der Waals surface area contributed by atoms with E-state index in [0.29, 0.717) is 11.4 Å². The lowest BCUT2D eigenvalue weighted by atomic mass is 10.1. The van der Waals surface area contributed by atoms with E-state index >= 15 is 0 Å². The molecular formula is C21H20FN3O2. The standard InChI is InChI=1S/C21H20FN3O2/c1-14-4-6-15(7-5-14)19-13-20(27-24-19)21(26)23-17-10-16(22)11-18(12-17)25-8-2-3-9-25/h4-7,10-13H,2-3,8-9H2,1H3,(H,23,26). The Bertz CT molecular complexity index is 960. The second-order valence-corrected chi connectivity index (χ2v) is 6.79. The van der Waals surface area contributed by atoms with E-state index in [-0.39, 0.29) is 11.6 Å². The molecule has 138 valence electrons. The van der Waals surface area contributed by atoms with Gasteiger partial charge in [0.05, 0.1) is 0 Å². The highest BCUT2D eigenvalue weighted by atomic mass is 19.1. The van der Waals surface area contributed by atoms with E-state index in [4.69, 9.17) is 4.52 Å². The fraction of sp³-hybridized carbons (Fsp3) is 0.238. The van der Waals surface area contributed by atoms with Gasteiger partial charge in [-0.1, -0.05) is 35.0 Å². The van der Waals surface area contributed by atoms with Gasteiger partial charge in [-0.15, -0.1) is 0 Å². The van der Waals surface area contributed by atoms with E-state index < -0.39 is 5.91 Å². The molecule has 0 bridgehead atoms. The van der Waals surface area contributed by atoms with Gasteiger partial charge >= 0.3 is 0 Å². The van der Waals surface area contributed by atoms with Crippen LogP contribution in [0.3, 0.4) is 0 Å². The molecule has 6 heteroatoms. The number of aryl methyl sites for hydroxylation is 1. The van der Waals surface area contributed by atoms with E-state index in [2.05, 4.69) is 15.4 Å². The fourth-order valence-electron chi connectivity index (χ4n) is 3.24. The molecule has 1 aliphatic heterocycles. The van der Waals surface area contributed by atoms with Crippen molar-refractivity contribution >= 4 is 17.3 Å². The summed E-state index contributed by atoms with van der Waals surface area (Å²) >= 11 is 0. The molecule has 4 rings (SSSR count). The smallest absolute Gasteiger partial charge is 0.294 e. The summed E-state index contributed by atoms with van der Waals surface area (Å²) in [6, 6.07) is 13.9. The van der Waals surface area contributed by atoms with Crippen molar-refractivity contribution in [2.24, 2.45) is 0 Å². The monoisotopic (exact) mass is 365 g/mol. The van der Waals surface area contributed by atoms with Crippen LogP contribution in [0.15, 0.2) is 53.1 Å². The SMILES string of the molecule is Cc1ccc(-c2cc(C(=O)Nc3cc(F)cc(N4CCCC4)c3)on2)cc1. The summed E-state index contributed by atoms with van der Waals surface area (Å²) in [5, 5.41) is 6.66. The molecule has 0 atom stereocenters. The Morgan fingerprint density at radius 3 is 2.59 bits per heavy atom. The predicted molar refractivity (Wildman–Crippen MR) is 102 cm³/mol. The normalized spacial score (nSPS) is 13.8. The fourth-order valence-corrected chi connectivity index (χ4v) is 3.24. The molecule has 1 fully saturated rings. The van der Waals surface area contributed by atoms with E-state index in [1.165, 1.54) is 12.1 Å². The maximum absolute atomic E-state index is 14.0. The second-order valence-electron chi connectivity index (χ2n) is 6.79. The topological polar surface area (TPSA) is 58.4 Å². The molecule has 3 aromatic rings. The highest BCUT2D eigenvalue weighted by Crippen LogP contribution is 2.26. The van der Waals surface area contributed by atoms with E-state index in [9.17, 15) is 9.18 Å². The molecule has 27 heavy (non-hydrogen) atoms. The lowest BCUT2D eigenvalue weighted by molar-refractivity contribution is 0.0988. The van der Waals surface area contributed by atoms with Crippen LogP contribution in [0.25, 0.3) is 11.3 Å². The Kier molecular flexibility index (Phi) is 4.62. The Labute approximate surface area is 156 Å². The van der Waals surface area contributed by atoms with Crippen molar-refractivity contribution in [2.45, 2.75) is 19.8 Å². The van der Waals surface area contributed by atoms with Crippen molar-refractivity contribution < 1.29 is 13.7 Å². The first-order valence-corrected chi connectivity index (χ1v) is 8.99. The average molecular weight is 365 g/mol. The highest BCUT2D eigenvalue weighted by Gasteiger charge is 2.17. The summed E-state index contributed by atoms with van der Waals surface area (Å²) < 4.78 is 19.2. The third kappa shape index (κ3) is 3.84. The van der Waals surface area contributed by atoms with Crippen molar-refractivity contribution in [3.63, 3.8) is 0 Å². The zero-order chi connectivity index (χ0) is 18.8. The average Bonchev–Trinajstić information content (AvgIpc) is 3.34. The number of aromatic nitrogens is 1. The van der Waals surface area contributed by atoms with Gasteiger partial charge in [0, 0.05) is 36.1 Å². The lowest BCUT2D eigenvalue weighted by Gasteiger charge is -2.18. The van der Waals surface area contributed by atoms with Crippen LogP contribution in [0.4, 0.5) is 15.8 Å². The molecule has 5 nitrogen and oxygen atoms in total. The Morgan fingerprint density at radius 1 is 1.11 bits per heavy atom. The Hall–Kier alpha value is -3.15. The summed E-state index contributed by atoms with van der Waals surface area (Å²) in [6.07, 6.45) is 2.19. The first-order valence-electron chi connectivity index (χ1n) is 8.99. The van der Waals surface area contributed by atoms with Crippen molar-refractivity contribution in [1.29, 1.82) is 0 Å². The minimum absolute atomic E-state index is 0.0811. The van der Waals surface area contributed by atoms with Gasteiger partial charge < -0.3 is 14.7 Å². The minimum atomic E-state index is -0.459. The van der Waals surface area contributed by atoms with Crippen LogP contribution >= 0.6 is 0 Å². The van der Waals surface area contributed by atoms with Crippen LogP contribution < -0.4 is 10.2 Å². The molecule has 1 saturated heterocycles. The number of hydrogen-bond donors (Lipinski definition) is 1. The van der Waals surface area contributed by atoms with Gasteiger partial charge in [0.2, 0.25) is 5.76 Å². The van der Waals surface area contributed by atoms with Crippen molar-refractivity contribution in [1.82, 2.24) is 5.16 Å². The number of benzene rings is 2. The summed E-state index contributed by atoms with van der Waals surface area (Å²) in [7, 11) is 0. The quantitative estimate of drug-likeness (QED) is 0.732. The van der Waals surface area contributed by atoms with Crippen molar-refractivity contribution in [3.8, 4) is 11.3 Å². The minimum Gasteiger partial charge on any atom is -0.371 e. The van der Waals surface area contributed by atoms with Gasteiger partial charge in [-0.25, -0.2) is 4.39 Å². The molecule has 0 radical (unpaired) electrons. The number of anilines is 2. The summed E-state index contributed by atoms with van der Waals surface area (Å²) in [5.41, 5.74) is 3.76. The third-order valence-corrected chi connectivity index (χ3v) is 4.69. The van der Waals surface area contributed by atoms with Crippen molar-refractivity contribution in [2.75, 3.05) is 23.3 Å². The van der Waals surface area contributed by atoms with Gasteiger partial charge in [0.25, 0.3) is 5.91 Å².